The maximum Gasteiger partial charge on any atom is 0.417 e. The zero-order valence-electron chi connectivity index (χ0n) is 24.5. The molecule has 2 heterocycles. The van der Waals surface area contributed by atoms with E-state index in [9.17, 15) is 24.3 Å². The molecule has 2 N–H and O–H groups in total. The number of carboxylic acids is 1. The maximum absolute atomic E-state index is 13.8. The van der Waals surface area contributed by atoms with Gasteiger partial charge in [-0.05, 0) is 48.4 Å². The van der Waals surface area contributed by atoms with Gasteiger partial charge in [-0.15, -0.1) is 0 Å². The lowest BCUT2D eigenvalue weighted by Gasteiger charge is -2.26. The van der Waals surface area contributed by atoms with Crippen molar-refractivity contribution in [2.24, 2.45) is 4.99 Å². The number of carbonyl (C=O) groups is 4. The quantitative estimate of drug-likeness (QED) is 0.179. The lowest BCUT2D eigenvalue weighted by Crippen LogP contribution is -2.38. The van der Waals surface area contributed by atoms with E-state index in [4.69, 9.17) is 27.9 Å². The van der Waals surface area contributed by atoms with Crippen LogP contribution in [0.15, 0.2) is 102 Å². The van der Waals surface area contributed by atoms with Crippen molar-refractivity contribution in [1.82, 2.24) is 9.88 Å². The molecule has 1 aliphatic rings. The molecule has 0 unspecified atom stereocenters. The molecule has 3 amide bonds. The van der Waals surface area contributed by atoms with Crippen molar-refractivity contribution in [3.05, 3.63) is 130 Å². The monoisotopic (exact) mass is 658 g/mol. The third-order valence-corrected chi connectivity index (χ3v) is 8.26. The van der Waals surface area contributed by atoms with Crippen LogP contribution in [0.4, 0.5) is 10.5 Å². The average Bonchev–Trinajstić information content (AvgIpc) is 3.46. The molecule has 1 aromatic heterocycles. The predicted octanol–water partition coefficient (Wildman–Crippen LogP) is 6.80. The molecule has 10 nitrogen and oxygen atoms in total. The van der Waals surface area contributed by atoms with Crippen molar-refractivity contribution in [1.29, 1.82) is 0 Å². The molecule has 0 radical (unpaired) electrons. The van der Waals surface area contributed by atoms with Crippen molar-refractivity contribution >= 4 is 58.5 Å². The molecule has 46 heavy (non-hydrogen) atoms. The summed E-state index contributed by atoms with van der Waals surface area (Å²) in [5, 5.41) is 13.7. The number of halogens is 2. The molecule has 0 aliphatic carbocycles. The molecule has 0 spiro atoms. The smallest absolute Gasteiger partial charge is 0.417 e. The number of pyridine rings is 1. The van der Waals surface area contributed by atoms with Crippen LogP contribution in [0.5, 0.6) is 0 Å². The van der Waals surface area contributed by atoms with Gasteiger partial charge in [0.1, 0.15) is 18.3 Å². The van der Waals surface area contributed by atoms with E-state index >= 15 is 0 Å². The van der Waals surface area contributed by atoms with Gasteiger partial charge in [-0.25, -0.2) is 14.5 Å². The first-order valence-electron chi connectivity index (χ1n) is 14.2. The normalized spacial score (nSPS) is 16.0. The summed E-state index contributed by atoms with van der Waals surface area (Å²) in [7, 11) is 0. The number of hydrogen-bond acceptors (Lipinski definition) is 7. The fourth-order valence-corrected chi connectivity index (χ4v) is 5.55. The molecule has 3 aromatic carbocycles. The Bertz CT molecular complexity index is 1800. The summed E-state index contributed by atoms with van der Waals surface area (Å²) >= 11 is 12.5. The number of carboxylic acid groups (broad SMARTS) is 1. The lowest BCUT2D eigenvalue weighted by molar-refractivity contribution is -0.139. The second-order valence-electron chi connectivity index (χ2n) is 10.5. The lowest BCUT2D eigenvalue weighted by atomic mass is 9.87. The van der Waals surface area contributed by atoms with Gasteiger partial charge in [0.15, 0.2) is 6.04 Å². The number of anilines is 1. The summed E-state index contributed by atoms with van der Waals surface area (Å²) < 4.78 is 5.23. The molecule has 1 saturated heterocycles. The van der Waals surface area contributed by atoms with Crippen LogP contribution in [0.3, 0.4) is 0 Å². The maximum atomic E-state index is 13.8. The van der Waals surface area contributed by atoms with Gasteiger partial charge in [-0.1, -0.05) is 83.9 Å². The van der Waals surface area contributed by atoms with Crippen LogP contribution in [0.2, 0.25) is 10.0 Å². The number of rotatable bonds is 10. The Morgan fingerprint density at radius 3 is 2.41 bits per heavy atom. The minimum atomic E-state index is -1.51. The highest BCUT2D eigenvalue weighted by atomic mass is 35.5. The standard InChI is InChI=1S/C34H28Cl2N4O6/c1-20(23-11-5-6-12-27(23)39-32(42)28-13-7-8-16-37-28)38-31(33(43)44)24(22-14-15-25(35)26(36)17-22)18-30(41)40-29(19-46-34(40)45)21-9-3-2-4-10-21/h2-17,24,29,31H,18-19H2,1H3,(H,39,42)(H,43,44)/t24-,29-,31+/m1/s1. The highest BCUT2D eigenvalue weighted by molar-refractivity contribution is 6.42. The van der Waals surface area contributed by atoms with E-state index in [0.717, 1.165) is 4.90 Å². The Kier molecular flexibility index (Phi) is 10.1. The van der Waals surface area contributed by atoms with Crippen LogP contribution in [-0.4, -0.2) is 57.2 Å². The Labute approximate surface area is 274 Å². The number of benzene rings is 3. The summed E-state index contributed by atoms with van der Waals surface area (Å²) in [5.41, 5.74) is 2.40. The number of hydrogen-bond donors (Lipinski definition) is 2. The van der Waals surface area contributed by atoms with Gasteiger partial charge in [-0.3, -0.25) is 19.6 Å². The van der Waals surface area contributed by atoms with Crippen LogP contribution < -0.4 is 5.32 Å². The number of ether oxygens (including phenoxy) is 1. The number of aliphatic imine (C=N–C) groups is 1. The Morgan fingerprint density at radius 1 is 1.00 bits per heavy atom. The molecular formula is C34H28Cl2N4O6. The molecule has 3 atom stereocenters. The number of aliphatic carboxylic acids is 1. The van der Waals surface area contributed by atoms with Crippen LogP contribution in [0.1, 0.15) is 52.5 Å². The Hall–Kier alpha value is -5.06. The van der Waals surface area contributed by atoms with Crippen molar-refractivity contribution in [2.75, 3.05) is 11.9 Å². The molecular weight excluding hydrogens is 631 g/mol. The molecule has 1 fully saturated rings. The topological polar surface area (TPSA) is 138 Å². The van der Waals surface area contributed by atoms with Crippen molar-refractivity contribution in [3.63, 3.8) is 0 Å². The van der Waals surface area contributed by atoms with E-state index in [1.54, 1.807) is 79.7 Å². The van der Waals surface area contributed by atoms with Gasteiger partial charge in [0.05, 0.1) is 15.7 Å². The summed E-state index contributed by atoms with van der Waals surface area (Å²) in [6, 6.07) is 23.1. The van der Waals surface area contributed by atoms with Gasteiger partial charge in [0, 0.05) is 29.8 Å². The van der Waals surface area contributed by atoms with Crippen LogP contribution >= 0.6 is 23.2 Å². The number of nitrogens with one attached hydrogen (secondary N) is 1. The number of amides is 3. The van der Waals surface area contributed by atoms with Crippen molar-refractivity contribution in [3.8, 4) is 0 Å². The molecule has 4 aromatic rings. The van der Waals surface area contributed by atoms with Gasteiger partial charge < -0.3 is 15.2 Å². The number of imide groups is 1. The second kappa shape index (κ2) is 14.4. The zero-order chi connectivity index (χ0) is 32.8. The van der Waals surface area contributed by atoms with Gasteiger partial charge in [0.2, 0.25) is 5.91 Å². The second-order valence-corrected chi connectivity index (χ2v) is 11.3. The van der Waals surface area contributed by atoms with Crippen LogP contribution in [0, 0.1) is 0 Å². The number of cyclic esters (lactones) is 1. The fourth-order valence-electron chi connectivity index (χ4n) is 5.25. The minimum absolute atomic E-state index is 0.0351. The Balaban J connectivity index is 1.51. The molecule has 234 valence electrons. The van der Waals surface area contributed by atoms with E-state index in [-0.39, 0.29) is 28.1 Å². The molecule has 12 heteroatoms. The van der Waals surface area contributed by atoms with E-state index in [1.807, 2.05) is 6.07 Å². The summed E-state index contributed by atoms with van der Waals surface area (Å²) in [4.78, 5) is 62.0. The third kappa shape index (κ3) is 7.25. The van der Waals surface area contributed by atoms with Gasteiger partial charge in [-0.2, -0.15) is 0 Å². The number of para-hydroxylation sites is 1. The first kappa shape index (κ1) is 32.3. The SMILES string of the molecule is CC(=N[C@H](C(=O)O)[C@H](CC(=O)N1C(=O)OC[C@@H]1c1ccccc1)c1ccc(Cl)c(Cl)c1)c1ccccc1NC(=O)c1ccccn1. The van der Waals surface area contributed by atoms with Crippen molar-refractivity contribution in [2.45, 2.75) is 31.3 Å². The molecule has 1 aliphatic heterocycles. The highest BCUT2D eigenvalue weighted by Gasteiger charge is 2.41. The molecule has 5 rings (SSSR count). The first-order valence-corrected chi connectivity index (χ1v) is 15.0. The zero-order valence-corrected chi connectivity index (χ0v) is 26.0. The summed E-state index contributed by atoms with van der Waals surface area (Å²) in [6.45, 7) is 1.57. The molecule has 0 bridgehead atoms. The van der Waals surface area contributed by atoms with Crippen LogP contribution in [-0.2, 0) is 14.3 Å². The van der Waals surface area contributed by atoms with E-state index in [0.29, 0.717) is 22.4 Å². The number of nitrogens with zero attached hydrogens (tertiary/aromatic N) is 3. The van der Waals surface area contributed by atoms with E-state index in [1.165, 1.54) is 18.3 Å². The highest BCUT2D eigenvalue weighted by Crippen LogP contribution is 2.35. The average molecular weight is 660 g/mol. The van der Waals surface area contributed by atoms with Crippen molar-refractivity contribution < 1.29 is 29.0 Å². The third-order valence-electron chi connectivity index (χ3n) is 7.52. The predicted molar refractivity (Wildman–Crippen MR) is 173 cm³/mol. The fraction of sp³-hybridized carbons (Fsp3) is 0.176. The first-order chi connectivity index (χ1) is 22.1. The summed E-state index contributed by atoms with van der Waals surface area (Å²) in [5.74, 6) is -3.49. The largest absolute Gasteiger partial charge is 0.480 e. The van der Waals surface area contributed by atoms with Gasteiger partial charge in [0.25, 0.3) is 5.91 Å². The number of aromatic nitrogens is 1. The Morgan fingerprint density at radius 2 is 1.72 bits per heavy atom. The molecule has 0 saturated carbocycles. The summed E-state index contributed by atoms with van der Waals surface area (Å²) in [6.07, 6.45) is 0.262. The van der Waals surface area contributed by atoms with E-state index in [2.05, 4.69) is 15.3 Å². The van der Waals surface area contributed by atoms with E-state index < -0.39 is 48.3 Å². The number of carbonyl (C=O) groups excluding carboxylic acids is 3. The van der Waals surface area contributed by atoms with Crippen LogP contribution in [0.25, 0.3) is 0 Å². The van der Waals surface area contributed by atoms with Gasteiger partial charge >= 0.3 is 12.1 Å². The minimum Gasteiger partial charge on any atom is -0.480 e.